The molecule has 114 valence electrons. The van der Waals surface area contributed by atoms with E-state index in [0.717, 1.165) is 0 Å². The molecule has 2 aromatic rings. The van der Waals surface area contributed by atoms with Crippen LogP contribution < -0.4 is 5.73 Å². The molecule has 8 heteroatoms. The van der Waals surface area contributed by atoms with Gasteiger partial charge in [0.2, 0.25) is 0 Å². The minimum absolute atomic E-state index is 0.321. The van der Waals surface area contributed by atoms with Gasteiger partial charge in [-0.3, -0.25) is 0 Å². The highest BCUT2D eigenvalue weighted by Crippen LogP contribution is 2.45. The van der Waals surface area contributed by atoms with Crippen LogP contribution in [0.1, 0.15) is 20.1 Å². The molecule has 0 radical (unpaired) electrons. The molecule has 1 unspecified atom stereocenters. The lowest BCUT2D eigenvalue weighted by molar-refractivity contribution is -0.119. The highest BCUT2D eigenvalue weighted by Gasteiger charge is 2.59. The van der Waals surface area contributed by atoms with E-state index in [0.29, 0.717) is 16.9 Å². The molecule has 0 spiro atoms. The van der Waals surface area contributed by atoms with Crippen LogP contribution in [0.2, 0.25) is 0 Å². The third-order valence-corrected chi connectivity index (χ3v) is 4.12. The van der Waals surface area contributed by atoms with Crippen LogP contribution in [0.3, 0.4) is 0 Å². The molecule has 0 aliphatic carbocycles. The summed E-state index contributed by atoms with van der Waals surface area (Å²) in [6.45, 7) is 2.58. The lowest BCUT2D eigenvalue weighted by Gasteiger charge is -2.28. The molecule has 1 saturated heterocycles. The van der Waals surface area contributed by atoms with Crippen LogP contribution in [-0.4, -0.2) is 53.8 Å². The number of nitrogens with two attached hydrogens (primary N) is 1. The quantitative estimate of drug-likeness (QED) is 0.582. The smallest absolute Gasteiger partial charge is 0.167 e. The molecule has 4 atom stereocenters. The van der Waals surface area contributed by atoms with Crippen LogP contribution in [0.15, 0.2) is 18.6 Å². The number of aromatic nitrogens is 3. The van der Waals surface area contributed by atoms with Crippen LogP contribution in [-0.2, 0) is 4.74 Å². The second kappa shape index (κ2) is 4.38. The van der Waals surface area contributed by atoms with Crippen molar-refractivity contribution in [3.8, 4) is 0 Å². The second-order valence-electron chi connectivity index (χ2n) is 5.79. The Kier molecular flexibility index (Phi) is 2.96. The summed E-state index contributed by atoms with van der Waals surface area (Å²) in [7, 11) is 0. The van der Waals surface area contributed by atoms with Gasteiger partial charge >= 0.3 is 0 Å². The summed E-state index contributed by atoms with van der Waals surface area (Å²) in [6.07, 6.45) is 0.817. The molecule has 0 saturated carbocycles. The van der Waals surface area contributed by atoms with Gasteiger partial charge in [0.15, 0.2) is 6.23 Å². The first-order valence-electron chi connectivity index (χ1n) is 6.57. The van der Waals surface area contributed by atoms with Gasteiger partial charge in [-0.1, -0.05) is 0 Å². The molecule has 1 fully saturated rings. The molecule has 0 aromatic carbocycles. The Morgan fingerprint density at radius 1 is 1.43 bits per heavy atom. The first-order valence-corrected chi connectivity index (χ1v) is 6.57. The molecule has 1 aliphatic rings. The maximum atomic E-state index is 10.6. The molecular weight excluding hydrogens is 276 g/mol. The van der Waals surface area contributed by atoms with Gasteiger partial charge in [-0.25, -0.2) is 9.97 Å². The fourth-order valence-electron chi connectivity index (χ4n) is 2.83. The van der Waals surface area contributed by atoms with Gasteiger partial charge in [0.1, 0.15) is 35.1 Å². The average molecular weight is 294 g/mol. The molecule has 5 N–H and O–H groups in total. The zero-order valence-electron chi connectivity index (χ0n) is 11.8. The number of ether oxygens (including phenoxy) is 1. The van der Waals surface area contributed by atoms with Crippen molar-refractivity contribution in [3.63, 3.8) is 0 Å². The third-order valence-electron chi connectivity index (χ3n) is 4.12. The number of anilines is 1. The van der Waals surface area contributed by atoms with Gasteiger partial charge in [0, 0.05) is 6.20 Å². The number of nitrogens with zero attached hydrogens (tertiary/aromatic N) is 3. The number of hydrogen-bond acceptors (Lipinski definition) is 7. The van der Waals surface area contributed by atoms with Crippen molar-refractivity contribution in [3.05, 3.63) is 18.6 Å². The summed E-state index contributed by atoms with van der Waals surface area (Å²) in [5.74, 6) is 0.321. The standard InChI is InChI=1S/C13H18N4O4/c1-12(5-18)10(19)13(2,20)11(21-12)17-4-3-7-8(14)15-6-16-9(7)17/h3-4,6,10-11,18-20H,5H2,1-2H3,(H2,14,15,16)/t10?,11-,12-,13-/m1/s1. The number of rotatable bonds is 2. The molecule has 1 aliphatic heterocycles. The van der Waals surface area contributed by atoms with Crippen molar-refractivity contribution in [2.75, 3.05) is 12.3 Å². The van der Waals surface area contributed by atoms with E-state index < -0.39 is 30.1 Å². The summed E-state index contributed by atoms with van der Waals surface area (Å²) >= 11 is 0. The van der Waals surface area contributed by atoms with E-state index in [-0.39, 0.29) is 0 Å². The first kappa shape index (κ1) is 14.2. The van der Waals surface area contributed by atoms with Crippen LogP contribution >= 0.6 is 0 Å². The normalized spacial score (nSPS) is 36.4. The fraction of sp³-hybridized carbons (Fsp3) is 0.538. The minimum atomic E-state index is -1.59. The van der Waals surface area contributed by atoms with Crippen molar-refractivity contribution in [2.24, 2.45) is 0 Å². The lowest BCUT2D eigenvalue weighted by atomic mass is 9.89. The van der Waals surface area contributed by atoms with Crippen LogP contribution in [0, 0.1) is 0 Å². The zero-order chi connectivity index (χ0) is 15.4. The number of nitrogen functional groups attached to an aromatic ring is 1. The average Bonchev–Trinajstić information content (AvgIpc) is 2.94. The van der Waals surface area contributed by atoms with Crippen molar-refractivity contribution in [1.82, 2.24) is 14.5 Å². The van der Waals surface area contributed by atoms with E-state index in [1.165, 1.54) is 13.3 Å². The molecule has 3 heterocycles. The van der Waals surface area contributed by atoms with Gasteiger partial charge < -0.3 is 30.4 Å². The predicted octanol–water partition coefficient (Wildman–Crippen LogP) is -0.595. The van der Waals surface area contributed by atoms with Gasteiger partial charge in [-0.2, -0.15) is 0 Å². The monoisotopic (exact) mass is 294 g/mol. The lowest BCUT2D eigenvalue weighted by Crippen LogP contribution is -2.49. The molecule has 21 heavy (non-hydrogen) atoms. The summed E-state index contributed by atoms with van der Waals surface area (Å²) in [4.78, 5) is 8.05. The molecule has 3 rings (SSSR count). The minimum Gasteiger partial charge on any atom is -0.393 e. The first-order chi connectivity index (χ1) is 9.81. The second-order valence-corrected chi connectivity index (χ2v) is 5.79. The number of fused-ring (bicyclic) bond motifs is 1. The van der Waals surface area contributed by atoms with E-state index in [1.54, 1.807) is 23.8 Å². The number of aliphatic hydroxyl groups excluding tert-OH is 2. The predicted molar refractivity (Wildman–Crippen MR) is 74.2 cm³/mol. The van der Waals surface area contributed by atoms with Gasteiger partial charge in [0.05, 0.1) is 12.0 Å². The van der Waals surface area contributed by atoms with Gasteiger partial charge in [-0.05, 0) is 19.9 Å². The van der Waals surface area contributed by atoms with Crippen molar-refractivity contribution >= 4 is 16.9 Å². The van der Waals surface area contributed by atoms with Crippen molar-refractivity contribution in [1.29, 1.82) is 0 Å². The fourth-order valence-corrected chi connectivity index (χ4v) is 2.83. The van der Waals surface area contributed by atoms with Crippen LogP contribution in [0.4, 0.5) is 5.82 Å². The summed E-state index contributed by atoms with van der Waals surface area (Å²) in [6, 6.07) is 1.71. The maximum absolute atomic E-state index is 10.6. The van der Waals surface area contributed by atoms with Crippen LogP contribution in [0.25, 0.3) is 11.0 Å². The largest absolute Gasteiger partial charge is 0.393 e. The Balaban J connectivity index is 2.13. The van der Waals surface area contributed by atoms with E-state index in [4.69, 9.17) is 10.5 Å². The summed E-state index contributed by atoms with van der Waals surface area (Å²) in [5.41, 5.74) is 3.42. The number of hydrogen-bond donors (Lipinski definition) is 4. The van der Waals surface area contributed by atoms with Crippen molar-refractivity contribution in [2.45, 2.75) is 37.4 Å². The Morgan fingerprint density at radius 3 is 2.76 bits per heavy atom. The molecule has 0 bridgehead atoms. The number of aliphatic hydroxyl groups is 3. The molecule has 0 amide bonds. The SMILES string of the molecule is C[C@]1(CO)O[C@@H](n2ccc3c(N)ncnc32)[C@](C)(O)C1O. The van der Waals surface area contributed by atoms with E-state index in [2.05, 4.69) is 9.97 Å². The zero-order valence-corrected chi connectivity index (χ0v) is 11.8. The molecule has 2 aromatic heterocycles. The highest BCUT2D eigenvalue weighted by molar-refractivity contribution is 5.86. The Labute approximate surface area is 120 Å². The van der Waals surface area contributed by atoms with E-state index in [9.17, 15) is 15.3 Å². The van der Waals surface area contributed by atoms with E-state index >= 15 is 0 Å². The molecule has 8 nitrogen and oxygen atoms in total. The Morgan fingerprint density at radius 2 is 2.14 bits per heavy atom. The topological polar surface area (TPSA) is 127 Å². The van der Waals surface area contributed by atoms with Crippen molar-refractivity contribution < 1.29 is 20.1 Å². The van der Waals surface area contributed by atoms with E-state index in [1.807, 2.05) is 0 Å². The highest BCUT2D eigenvalue weighted by atomic mass is 16.6. The van der Waals surface area contributed by atoms with Crippen LogP contribution in [0.5, 0.6) is 0 Å². The third kappa shape index (κ3) is 1.84. The Hall–Kier alpha value is -1.74. The van der Waals surface area contributed by atoms with Gasteiger partial charge in [-0.15, -0.1) is 0 Å². The summed E-state index contributed by atoms with van der Waals surface area (Å²) in [5, 5.41) is 31.0. The van der Waals surface area contributed by atoms with Gasteiger partial charge in [0.25, 0.3) is 0 Å². The Bertz CT molecular complexity index is 686. The maximum Gasteiger partial charge on any atom is 0.167 e. The summed E-state index contributed by atoms with van der Waals surface area (Å²) < 4.78 is 7.31. The molecular formula is C13H18N4O4.